The van der Waals surface area contributed by atoms with Gasteiger partial charge in [0, 0.05) is 29.0 Å². The quantitative estimate of drug-likeness (QED) is 0.888. The molecule has 1 heterocycles. The summed E-state index contributed by atoms with van der Waals surface area (Å²) in [5, 5.41) is 9.24. The lowest BCUT2D eigenvalue weighted by Gasteiger charge is -2.34. The third-order valence-electron chi connectivity index (χ3n) is 4.24. The topological polar surface area (TPSA) is 75.4 Å². The van der Waals surface area contributed by atoms with Crippen LogP contribution in [0.3, 0.4) is 0 Å². The molecule has 1 atom stereocenters. The third kappa shape index (κ3) is 3.50. The van der Waals surface area contributed by atoms with E-state index in [-0.39, 0.29) is 11.2 Å². The highest BCUT2D eigenvalue weighted by Gasteiger charge is 2.26. The summed E-state index contributed by atoms with van der Waals surface area (Å²) in [6.45, 7) is 9.60. The van der Waals surface area contributed by atoms with Crippen molar-refractivity contribution in [3.8, 4) is 0 Å². The van der Waals surface area contributed by atoms with Gasteiger partial charge >= 0.3 is 11.7 Å². The first-order valence-electron chi connectivity index (χ1n) is 6.97. The highest BCUT2D eigenvalue weighted by Crippen LogP contribution is 2.23. The number of hydrogen-bond acceptors (Lipinski definition) is 4. The van der Waals surface area contributed by atoms with Crippen molar-refractivity contribution in [3.05, 3.63) is 27.4 Å². The second-order valence-corrected chi connectivity index (χ2v) is 6.33. The number of likely N-dealkylation sites (N-methyl/N-ethyl adjacent to an activating group) is 1. The molecule has 1 aromatic rings. The zero-order valence-corrected chi connectivity index (χ0v) is 13.9. The Morgan fingerprint density at radius 2 is 1.90 bits per heavy atom. The monoisotopic (exact) mass is 295 g/mol. The molecule has 0 spiro atoms. The number of aromatic nitrogens is 2. The first-order chi connectivity index (χ1) is 9.49. The molecule has 0 saturated heterocycles. The van der Waals surface area contributed by atoms with E-state index in [2.05, 4.69) is 4.98 Å². The molecule has 6 heteroatoms. The first kappa shape index (κ1) is 17.4. The summed E-state index contributed by atoms with van der Waals surface area (Å²) >= 11 is 0. The average Bonchev–Trinajstić information content (AvgIpc) is 2.33. The molecule has 21 heavy (non-hydrogen) atoms. The van der Waals surface area contributed by atoms with E-state index in [9.17, 15) is 14.7 Å². The Hall–Kier alpha value is -1.69. The van der Waals surface area contributed by atoms with E-state index >= 15 is 0 Å². The Balaban J connectivity index is 3.45. The maximum Gasteiger partial charge on any atom is 0.348 e. The van der Waals surface area contributed by atoms with Crippen LogP contribution in [0.25, 0.3) is 0 Å². The van der Waals surface area contributed by atoms with Gasteiger partial charge < -0.3 is 10.0 Å². The lowest BCUT2D eigenvalue weighted by molar-refractivity contribution is -0.138. The second kappa shape index (κ2) is 5.97. The van der Waals surface area contributed by atoms with Crippen LogP contribution < -0.4 is 5.69 Å². The predicted octanol–water partition coefficient (Wildman–Crippen LogP) is 1.39. The van der Waals surface area contributed by atoms with Gasteiger partial charge in [-0.1, -0.05) is 0 Å². The summed E-state index contributed by atoms with van der Waals surface area (Å²) < 4.78 is 1.57. The van der Waals surface area contributed by atoms with Gasteiger partial charge in [-0.05, 0) is 48.7 Å². The molecule has 1 rings (SSSR count). The van der Waals surface area contributed by atoms with Crippen molar-refractivity contribution in [2.75, 3.05) is 14.1 Å². The molecule has 0 aliphatic rings. The highest BCUT2D eigenvalue weighted by molar-refractivity contribution is 5.76. The normalized spacial score (nSPS) is 13.5. The molecule has 1 aromatic heterocycles. The average molecular weight is 295 g/mol. The fourth-order valence-electron chi connectivity index (χ4n) is 2.28. The van der Waals surface area contributed by atoms with E-state index in [0.717, 1.165) is 0 Å². The van der Waals surface area contributed by atoms with Crippen LogP contribution in [0.4, 0.5) is 0 Å². The molecule has 0 aliphatic carbocycles. The van der Waals surface area contributed by atoms with Crippen molar-refractivity contribution in [1.29, 1.82) is 0 Å². The number of nitrogens with zero attached hydrogens (tertiary/aromatic N) is 3. The largest absolute Gasteiger partial charge is 0.481 e. The predicted molar refractivity (Wildman–Crippen MR) is 81.8 cm³/mol. The molecule has 0 fully saturated rings. The number of aryl methyl sites for hydroxylation is 1. The third-order valence-corrected chi connectivity index (χ3v) is 4.24. The van der Waals surface area contributed by atoms with Crippen molar-refractivity contribution in [3.63, 3.8) is 0 Å². The number of carboxylic acid groups (broad SMARTS) is 1. The molecular formula is C15H25N3O3. The number of rotatable bonds is 5. The van der Waals surface area contributed by atoms with Gasteiger partial charge in [0.15, 0.2) is 0 Å². The van der Waals surface area contributed by atoms with Crippen LogP contribution in [0.1, 0.15) is 43.6 Å². The summed E-state index contributed by atoms with van der Waals surface area (Å²) in [7, 11) is 3.89. The van der Waals surface area contributed by atoms with Crippen LogP contribution in [-0.2, 0) is 11.3 Å². The number of aliphatic carboxylic acids is 1. The Morgan fingerprint density at radius 1 is 1.38 bits per heavy atom. The van der Waals surface area contributed by atoms with E-state index in [1.807, 2.05) is 32.8 Å². The molecule has 118 valence electrons. The zero-order valence-electron chi connectivity index (χ0n) is 13.9. The molecule has 1 unspecified atom stereocenters. The van der Waals surface area contributed by atoms with E-state index in [1.54, 1.807) is 25.3 Å². The minimum atomic E-state index is -0.917. The summed E-state index contributed by atoms with van der Waals surface area (Å²) in [5.41, 5.74) is 1.22. The van der Waals surface area contributed by atoms with Gasteiger partial charge in [0.1, 0.15) is 0 Å². The second-order valence-electron chi connectivity index (χ2n) is 6.33. The van der Waals surface area contributed by atoms with Crippen LogP contribution in [0, 0.1) is 13.8 Å². The molecule has 1 N–H and O–H groups in total. The van der Waals surface area contributed by atoms with Crippen molar-refractivity contribution in [2.24, 2.45) is 0 Å². The van der Waals surface area contributed by atoms with Crippen molar-refractivity contribution < 1.29 is 9.90 Å². The van der Waals surface area contributed by atoms with Crippen LogP contribution in [0.2, 0.25) is 0 Å². The fourth-order valence-corrected chi connectivity index (χ4v) is 2.28. The van der Waals surface area contributed by atoms with E-state index < -0.39 is 11.9 Å². The number of hydrogen-bond donors (Lipinski definition) is 1. The van der Waals surface area contributed by atoms with Gasteiger partial charge in [0.25, 0.3) is 0 Å². The first-order valence-corrected chi connectivity index (χ1v) is 6.97. The number of carbonyl (C=O) groups is 1. The van der Waals surface area contributed by atoms with Gasteiger partial charge in [0.2, 0.25) is 0 Å². The smallest absolute Gasteiger partial charge is 0.348 e. The molecule has 0 radical (unpaired) electrons. The Bertz CT molecular complexity index is 603. The number of carboxylic acids is 1. The maximum absolute atomic E-state index is 12.2. The molecule has 0 saturated carbocycles. The lowest BCUT2D eigenvalue weighted by atomic mass is 9.97. The fraction of sp³-hybridized carbons (Fsp3) is 0.667. The summed E-state index contributed by atoms with van der Waals surface area (Å²) in [6, 6.07) is 0. The maximum atomic E-state index is 12.2. The van der Waals surface area contributed by atoms with Crippen molar-refractivity contribution >= 4 is 5.97 Å². The van der Waals surface area contributed by atoms with Crippen LogP contribution in [-0.4, -0.2) is 45.2 Å². The molecule has 0 aliphatic heterocycles. The Morgan fingerprint density at radius 3 is 2.33 bits per heavy atom. The Labute approximate surface area is 125 Å². The Kier molecular flexibility index (Phi) is 4.94. The van der Waals surface area contributed by atoms with Crippen molar-refractivity contribution in [2.45, 2.75) is 52.6 Å². The summed E-state index contributed by atoms with van der Waals surface area (Å²) in [4.78, 5) is 29.5. The van der Waals surface area contributed by atoms with E-state index in [4.69, 9.17) is 0 Å². The highest BCUT2D eigenvalue weighted by atomic mass is 16.4. The molecule has 0 aromatic carbocycles. The molecule has 0 amide bonds. The van der Waals surface area contributed by atoms with Gasteiger partial charge in [-0.25, -0.2) is 4.79 Å². The standard InChI is InChI=1S/C15H25N3O3/c1-9(13(19)20)12-10(2)16-14(21)18(11(12)3)8-15(4,5)17(6)7/h9H,8H2,1-7H3,(H,19,20). The molecule has 6 nitrogen and oxygen atoms in total. The van der Waals surface area contributed by atoms with Gasteiger partial charge in [-0.15, -0.1) is 0 Å². The molecular weight excluding hydrogens is 270 g/mol. The molecule has 0 bridgehead atoms. The van der Waals surface area contributed by atoms with Crippen LogP contribution in [0.5, 0.6) is 0 Å². The lowest BCUT2D eigenvalue weighted by Crippen LogP contribution is -2.45. The van der Waals surface area contributed by atoms with Crippen LogP contribution >= 0.6 is 0 Å². The van der Waals surface area contributed by atoms with Gasteiger partial charge in [0.05, 0.1) is 5.92 Å². The minimum Gasteiger partial charge on any atom is -0.481 e. The van der Waals surface area contributed by atoms with E-state index in [1.165, 1.54) is 0 Å². The zero-order chi connectivity index (χ0) is 16.5. The summed E-state index contributed by atoms with van der Waals surface area (Å²) in [6.07, 6.45) is 0. The van der Waals surface area contributed by atoms with Gasteiger partial charge in [-0.2, -0.15) is 4.98 Å². The van der Waals surface area contributed by atoms with Crippen molar-refractivity contribution in [1.82, 2.24) is 14.5 Å². The van der Waals surface area contributed by atoms with Gasteiger partial charge in [-0.3, -0.25) is 9.36 Å². The SMILES string of the molecule is Cc1nc(=O)n(CC(C)(C)N(C)C)c(C)c1C(C)C(=O)O. The summed E-state index contributed by atoms with van der Waals surface area (Å²) in [5.74, 6) is -1.60. The van der Waals surface area contributed by atoms with E-state index in [0.29, 0.717) is 23.5 Å². The minimum absolute atomic E-state index is 0.241. The van der Waals surface area contributed by atoms with Crippen LogP contribution in [0.15, 0.2) is 4.79 Å².